The Morgan fingerprint density at radius 3 is 2.24 bits per heavy atom. The van der Waals surface area contributed by atoms with Crippen LogP contribution in [0.1, 0.15) is 37.4 Å². The van der Waals surface area contributed by atoms with E-state index in [2.05, 4.69) is 5.32 Å². The molecule has 10 nitrogen and oxygen atoms in total. The highest BCUT2D eigenvalue weighted by Crippen LogP contribution is 2.31. The monoisotopic (exact) mass is 474 g/mol. The topological polar surface area (TPSA) is 121 Å². The van der Waals surface area contributed by atoms with E-state index in [0.717, 1.165) is 0 Å². The van der Waals surface area contributed by atoms with Gasteiger partial charge in [-0.3, -0.25) is 19.2 Å². The van der Waals surface area contributed by atoms with Crippen molar-refractivity contribution in [3.8, 4) is 0 Å². The van der Waals surface area contributed by atoms with E-state index in [4.69, 9.17) is 18.9 Å². The van der Waals surface area contributed by atoms with Gasteiger partial charge in [0.05, 0.1) is 0 Å². The first-order valence-electron chi connectivity index (χ1n) is 8.59. The Morgan fingerprint density at radius 2 is 1.69 bits per heavy atom. The summed E-state index contributed by atoms with van der Waals surface area (Å²) >= 11 is 0. The molecule has 29 heavy (non-hydrogen) atoms. The maximum atomic E-state index is 11.9. The standard InChI is InChI=1S/C18H22N2O8.BrH/c1-10(21)25-9-14-15(26-11(2)22)16(27-12(3)23)18(28-14)20-7-5-6-13(8-20)17(24)19-4;/h5-8,14-16,18H,9H2,1-4H3;1H. The smallest absolute Gasteiger partial charge is 0.304 e. The van der Waals surface area contributed by atoms with Crippen LogP contribution in [0.2, 0.25) is 0 Å². The third-order valence-corrected chi connectivity index (χ3v) is 3.95. The molecule has 2 rings (SSSR count). The van der Waals surface area contributed by atoms with E-state index in [0.29, 0.717) is 5.56 Å². The van der Waals surface area contributed by atoms with Crippen molar-refractivity contribution in [1.29, 1.82) is 0 Å². The van der Waals surface area contributed by atoms with Gasteiger partial charge >= 0.3 is 24.1 Å². The number of nitrogens with one attached hydrogen (secondary N) is 1. The number of aromatic nitrogens is 1. The fraction of sp³-hybridized carbons (Fsp3) is 0.500. The number of hydrogen-bond donors (Lipinski definition) is 1. The van der Waals surface area contributed by atoms with Gasteiger partial charge in [-0.25, -0.2) is 0 Å². The number of carbonyl (C=O) groups excluding carboxylic acids is 4. The lowest BCUT2D eigenvalue weighted by molar-refractivity contribution is -0.765. The SMILES string of the molecule is CNC(=O)c1ccc[n+](C2OC(COC(C)=O)C(OC(C)=O)C2OC(C)=O)c1.[Br-]. The molecule has 1 aromatic heterocycles. The van der Waals surface area contributed by atoms with Crippen LogP contribution in [0.4, 0.5) is 0 Å². The molecule has 160 valence electrons. The number of rotatable bonds is 6. The summed E-state index contributed by atoms with van der Waals surface area (Å²) in [5.41, 5.74) is 0.350. The van der Waals surface area contributed by atoms with E-state index in [9.17, 15) is 19.2 Å². The number of hydrogen-bond acceptors (Lipinski definition) is 8. The summed E-state index contributed by atoms with van der Waals surface area (Å²) in [5, 5.41) is 2.51. The number of ether oxygens (including phenoxy) is 4. The lowest BCUT2D eigenvalue weighted by atomic mass is 10.1. The van der Waals surface area contributed by atoms with Gasteiger partial charge in [0.15, 0.2) is 18.5 Å². The van der Waals surface area contributed by atoms with Crippen molar-refractivity contribution in [3.05, 3.63) is 30.1 Å². The Balaban J connectivity index is 0.00000420. The molecular formula is C18H23BrN2O8. The minimum absolute atomic E-state index is 0. The summed E-state index contributed by atoms with van der Waals surface area (Å²) in [4.78, 5) is 46.3. The van der Waals surface area contributed by atoms with Crippen LogP contribution >= 0.6 is 0 Å². The molecule has 0 bridgehead atoms. The highest BCUT2D eigenvalue weighted by Gasteiger charge is 2.54. The Labute approximate surface area is 178 Å². The van der Waals surface area contributed by atoms with Gasteiger partial charge in [-0.2, -0.15) is 4.57 Å². The van der Waals surface area contributed by atoms with Crippen molar-refractivity contribution in [1.82, 2.24) is 5.32 Å². The quantitative estimate of drug-likeness (QED) is 0.258. The Kier molecular flexibility index (Phi) is 9.18. The highest BCUT2D eigenvalue weighted by molar-refractivity contribution is 5.93. The molecule has 1 fully saturated rings. The second-order valence-electron chi connectivity index (χ2n) is 6.13. The van der Waals surface area contributed by atoms with Gasteiger partial charge in [0.2, 0.25) is 6.10 Å². The zero-order valence-corrected chi connectivity index (χ0v) is 18.0. The van der Waals surface area contributed by atoms with Crippen LogP contribution in [0.5, 0.6) is 0 Å². The van der Waals surface area contributed by atoms with E-state index < -0.39 is 42.4 Å². The molecule has 2 heterocycles. The van der Waals surface area contributed by atoms with Gasteiger partial charge in [-0.05, 0) is 6.07 Å². The van der Waals surface area contributed by atoms with E-state index in [1.807, 2.05) is 0 Å². The van der Waals surface area contributed by atoms with Crippen LogP contribution in [0.15, 0.2) is 24.5 Å². The number of esters is 3. The molecule has 0 saturated carbocycles. The van der Waals surface area contributed by atoms with Crippen molar-refractivity contribution in [2.45, 2.75) is 45.3 Å². The van der Waals surface area contributed by atoms with Gasteiger partial charge in [-0.15, -0.1) is 0 Å². The van der Waals surface area contributed by atoms with Crippen LogP contribution in [0, 0.1) is 0 Å². The van der Waals surface area contributed by atoms with Gasteiger partial charge in [0.1, 0.15) is 18.3 Å². The molecule has 0 spiro atoms. The maximum Gasteiger partial charge on any atom is 0.304 e. The molecule has 4 atom stereocenters. The predicted molar refractivity (Wildman–Crippen MR) is 91.7 cm³/mol. The lowest BCUT2D eigenvalue weighted by Gasteiger charge is -2.21. The molecule has 1 aromatic rings. The summed E-state index contributed by atoms with van der Waals surface area (Å²) in [6, 6.07) is 3.23. The first-order chi connectivity index (χ1) is 13.2. The van der Waals surface area contributed by atoms with E-state index >= 15 is 0 Å². The number of carbonyl (C=O) groups is 4. The third-order valence-electron chi connectivity index (χ3n) is 3.95. The van der Waals surface area contributed by atoms with Crippen LogP contribution in [0.25, 0.3) is 0 Å². The molecule has 0 radical (unpaired) electrons. The van der Waals surface area contributed by atoms with Crippen LogP contribution in [-0.2, 0) is 33.3 Å². The Bertz CT molecular complexity index is 772. The van der Waals surface area contributed by atoms with Crippen molar-refractivity contribution >= 4 is 23.8 Å². The lowest BCUT2D eigenvalue weighted by Crippen LogP contribution is -3.00. The molecule has 11 heteroatoms. The van der Waals surface area contributed by atoms with E-state index in [-0.39, 0.29) is 29.5 Å². The molecule has 0 aromatic carbocycles. The molecule has 1 saturated heterocycles. The second kappa shape index (κ2) is 10.9. The summed E-state index contributed by atoms with van der Waals surface area (Å²) in [7, 11) is 1.50. The van der Waals surface area contributed by atoms with Gasteiger partial charge in [0, 0.05) is 33.9 Å². The summed E-state index contributed by atoms with van der Waals surface area (Å²) in [6.45, 7) is 3.46. The Morgan fingerprint density at radius 1 is 1.07 bits per heavy atom. The van der Waals surface area contributed by atoms with Crippen molar-refractivity contribution < 1.29 is 59.7 Å². The van der Waals surface area contributed by atoms with E-state index in [1.54, 1.807) is 18.3 Å². The van der Waals surface area contributed by atoms with Crippen LogP contribution < -0.4 is 26.9 Å². The predicted octanol–water partition coefficient (Wildman–Crippen LogP) is -3.34. The number of halogens is 1. The first kappa shape index (κ1) is 24.5. The van der Waals surface area contributed by atoms with Crippen LogP contribution in [-0.4, -0.2) is 55.8 Å². The minimum Gasteiger partial charge on any atom is -1.00 e. The fourth-order valence-electron chi connectivity index (χ4n) is 2.86. The van der Waals surface area contributed by atoms with Crippen molar-refractivity contribution in [3.63, 3.8) is 0 Å². The number of pyridine rings is 1. The second-order valence-corrected chi connectivity index (χ2v) is 6.13. The molecule has 4 unspecified atom stereocenters. The average molecular weight is 475 g/mol. The molecule has 1 aliphatic rings. The molecule has 1 aliphatic heterocycles. The molecular weight excluding hydrogens is 452 g/mol. The van der Waals surface area contributed by atoms with Gasteiger partial charge < -0.3 is 41.2 Å². The highest BCUT2D eigenvalue weighted by atomic mass is 79.9. The summed E-state index contributed by atoms with van der Waals surface area (Å²) < 4.78 is 23.1. The average Bonchev–Trinajstić information content (AvgIpc) is 2.95. The molecule has 1 amide bonds. The van der Waals surface area contributed by atoms with Gasteiger partial charge in [-0.1, -0.05) is 0 Å². The van der Waals surface area contributed by atoms with Crippen molar-refractivity contribution in [2.24, 2.45) is 0 Å². The van der Waals surface area contributed by atoms with Crippen molar-refractivity contribution in [2.75, 3.05) is 13.7 Å². The maximum absolute atomic E-state index is 11.9. The van der Waals surface area contributed by atoms with Crippen LogP contribution in [0.3, 0.4) is 0 Å². The largest absolute Gasteiger partial charge is 1.00 e. The number of amides is 1. The zero-order valence-electron chi connectivity index (χ0n) is 16.4. The zero-order chi connectivity index (χ0) is 20.8. The minimum atomic E-state index is -1.01. The molecule has 0 aliphatic carbocycles. The Hall–Kier alpha value is -2.53. The normalized spacial score (nSPS) is 22.8. The summed E-state index contributed by atoms with van der Waals surface area (Å²) in [6.07, 6.45) is -0.642. The third kappa shape index (κ3) is 6.50. The molecule has 1 N–H and O–H groups in total. The van der Waals surface area contributed by atoms with E-state index in [1.165, 1.54) is 38.6 Å². The fourth-order valence-corrected chi connectivity index (χ4v) is 2.86. The van der Waals surface area contributed by atoms with Gasteiger partial charge in [0.25, 0.3) is 5.91 Å². The summed E-state index contributed by atoms with van der Waals surface area (Å²) in [5.74, 6) is -2.06. The number of nitrogens with zero attached hydrogens (tertiary/aromatic N) is 1. The first-order valence-corrected chi connectivity index (χ1v) is 8.59.